The minimum Gasteiger partial charge on any atom is -0.381 e. The van der Waals surface area contributed by atoms with E-state index < -0.39 is 0 Å². The lowest BCUT2D eigenvalue weighted by Crippen LogP contribution is -2.18. The van der Waals surface area contributed by atoms with Gasteiger partial charge < -0.3 is 5.32 Å². The molecule has 0 fully saturated rings. The Morgan fingerprint density at radius 3 is 2.63 bits per heavy atom. The highest BCUT2D eigenvalue weighted by Gasteiger charge is 2.05. The Kier molecular flexibility index (Phi) is 4.53. The van der Waals surface area contributed by atoms with E-state index in [1.165, 1.54) is 12.1 Å². The van der Waals surface area contributed by atoms with Gasteiger partial charge in [0.25, 0.3) is 0 Å². The summed E-state index contributed by atoms with van der Waals surface area (Å²) in [5.74, 6) is -0.197. The van der Waals surface area contributed by atoms with Crippen LogP contribution in [0.15, 0.2) is 41.1 Å². The number of nitrogens with zero attached hydrogens (tertiary/aromatic N) is 1. The minimum atomic E-state index is -0.197. The number of hydrogen-bond acceptors (Lipinski definition) is 2. The first kappa shape index (κ1) is 14.0. The van der Waals surface area contributed by atoms with Crippen molar-refractivity contribution in [2.75, 3.05) is 5.32 Å². The van der Waals surface area contributed by atoms with Crippen molar-refractivity contribution in [2.45, 2.75) is 26.3 Å². The third-order valence-corrected chi connectivity index (χ3v) is 3.71. The first-order valence-electron chi connectivity index (χ1n) is 6.17. The minimum absolute atomic E-state index is 0.197. The Morgan fingerprint density at radius 2 is 2.00 bits per heavy atom. The zero-order chi connectivity index (χ0) is 13.8. The average Bonchev–Trinajstić information content (AvgIpc) is 2.37. The van der Waals surface area contributed by atoms with Crippen LogP contribution in [-0.4, -0.2) is 11.0 Å². The van der Waals surface area contributed by atoms with Gasteiger partial charge in [-0.05, 0) is 65.5 Å². The quantitative estimate of drug-likeness (QED) is 0.847. The second kappa shape index (κ2) is 6.15. The van der Waals surface area contributed by atoms with E-state index in [0.29, 0.717) is 0 Å². The van der Waals surface area contributed by atoms with E-state index in [4.69, 9.17) is 0 Å². The smallest absolute Gasteiger partial charge is 0.123 e. The van der Waals surface area contributed by atoms with Crippen molar-refractivity contribution in [3.63, 3.8) is 0 Å². The molecular formula is C15H16BrFN2. The molecule has 0 aliphatic carbocycles. The van der Waals surface area contributed by atoms with Gasteiger partial charge in [0.15, 0.2) is 0 Å². The first-order chi connectivity index (χ1) is 9.04. The molecule has 1 aromatic carbocycles. The maximum atomic E-state index is 12.8. The maximum Gasteiger partial charge on any atom is 0.123 e. The zero-order valence-corrected chi connectivity index (χ0v) is 12.5. The monoisotopic (exact) mass is 322 g/mol. The SMILES string of the molecule is Cc1cc(NC(C)Cc2ccc(F)cc2)cnc1Br. The van der Waals surface area contributed by atoms with E-state index in [1.54, 1.807) is 6.20 Å². The highest BCUT2D eigenvalue weighted by Crippen LogP contribution is 2.18. The summed E-state index contributed by atoms with van der Waals surface area (Å²) in [7, 11) is 0. The Morgan fingerprint density at radius 1 is 1.32 bits per heavy atom. The van der Waals surface area contributed by atoms with Crippen LogP contribution in [0.25, 0.3) is 0 Å². The lowest BCUT2D eigenvalue weighted by molar-refractivity contribution is 0.626. The standard InChI is InChI=1S/C15H16BrFN2/c1-10-7-14(9-18-15(10)16)19-11(2)8-12-3-5-13(17)6-4-12/h3-7,9,11,19H,8H2,1-2H3. The third kappa shape index (κ3) is 4.03. The molecule has 1 N–H and O–H groups in total. The van der Waals surface area contributed by atoms with E-state index in [-0.39, 0.29) is 11.9 Å². The molecule has 0 saturated heterocycles. The van der Waals surface area contributed by atoms with Crippen LogP contribution >= 0.6 is 15.9 Å². The van der Waals surface area contributed by atoms with Gasteiger partial charge in [-0.2, -0.15) is 0 Å². The summed E-state index contributed by atoms with van der Waals surface area (Å²) in [6, 6.07) is 8.93. The molecule has 2 rings (SSSR count). The van der Waals surface area contributed by atoms with Crippen molar-refractivity contribution in [3.8, 4) is 0 Å². The zero-order valence-electron chi connectivity index (χ0n) is 11.0. The Hall–Kier alpha value is -1.42. The summed E-state index contributed by atoms with van der Waals surface area (Å²) in [6.07, 6.45) is 2.65. The first-order valence-corrected chi connectivity index (χ1v) is 6.97. The Bertz CT molecular complexity index is 555. The van der Waals surface area contributed by atoms with Crippen molar-refractivity contribution < 1.29 is 4.39 Å². The molecular weight excluding hydrogens is 307 g/mol. The molecule has 0 bridgehead atoms. The molecule has 1 unspecified atom stereocenters. The van der Waals surface area contributed by atoms with Gasteiger partial charge in [0, 0.05) is 6.04 Å². The van der Waals surface area contributed by atoms with Crippen molar-refractivity contribution in [1.29, 1.82) is 0 Å². The topological polar surface area (TPSA) is 24.9 Å². The third-order valence-electron chi connectivity index (χ3n) is 2.88. The lowest BCUT2D eigenvalue weighted by Gasteiger charge is -2.15. The fourth-order valence-corrected chi connectivity index (χ4v) is 2.16. The van der Waals surface area contributed by atoms with Gasteiger partial charge in [0.05, 0.1) is 11.9 Å². The van der Waals surface area contributed by atoms with Crippen LogP contribution in [0.4, 0.5) is 10.1 Å². The predicted octanol–water partition coefficient (Wildman–Crippen LogP) is 4.33. The number of pyridine rings is 1. The van der Waals surface area contributed by atoms with Gasteiger partial charge in [-0.1, -0.05) is 12.1 Å². The van der Waals surface area contributed by atoms with Crippen molar-refractivity contribution in [2.24, 2.45) is 0 Å². The van der Waals surface area contributed by atoms with E-state index >= 15 is 0 Å². The molecule has 0 saturated carbocycles. The molecule has 0 aliphatic heterocycles. The summed E-state index contributed by atoms with van der Waals surface area (Å²) in [5.41, 5.74) is 3.21. The number of hydrogen-bond donors (Lipinski definition) is 1. The molecule has 0 amide bonds. The molecule has 1 atom stereocenters. The molecule has 100 valence electrons. The highest BCUT2D eigenvalue weighted by atomic mass is 79.9. The van der Waals surface area contributed by atoms with Crippen molar-refractivity contribution in [1.82, 2.24) is 4.98 Å². The van der Waals surface area contributed by atoms with Crippen LogP contribution in [0, 0.1) is 12.7 Å². The summed E-state index contributed by atoms with van der Waals surface area (Å²) < 4.78 is 13.7. The molecule has 4 heteroatoms. The molecule has 0 aliphatic rings. The number of anilines is 1. The van der Waals surface area contributed by atoms with Crippen LogP contribution in [-0.2, 0) is 6.42 Å². The lowest BCUT2D eigenvalue weighted by atomic mass is 10.1. The van der Waals surface area contributed by atoms with Gasteiger partial charge in [-0.3, -0.25) is 0 Å². The highest BCUT2D eigenvalue weighted by molar-refractivity contribution is 9.10. The van der Waals surface area contributed by atoms with E-state index in [0.717, 1.165) is 27.8 Å². The van der Waals surface area contributed by atoms with Crippen LogP contribution in [0.2, 0.25) is 0 Å². The molecule has 2 nitrogen and oxygen atoms in total. The Balaban J connectivity index is 1.98. The van der Waals surface area contributed by atoms with E-state index in [9.17, 15) is 4.39 Å². The molecule has 1 aromatic heterocycles. The number of nitrogens with one attached hydrogen (secondary N) is 1. The van der Waals surface area contributed by atoms with Gasteiger partial charge in [-0.25, -0.2) is 9.37 Å². The largest absolute Gasteiger partial charge is 0.381 e. The number of halogens is 2. The summed E-state index contributed by atoms with van der Waals surface area (Å²) in [5, 5.41) is 3.40. The molecule has 0 spiro atoms. The van der Waals surface area contributed by atoms with Gasteiger partial charge >= 0.3 is 0 Å². The molecule has 2 aromatic rings. The summed E-state index contributed by atoms with van der Waals surface area (Å²) >= 11 is 3.38. The predicted molar refractivity (Wildman–Crippen MR) is 79.9 cm³/mol. The Labute approximate surface area is 121 Å². The fourth-order valence-electron chi connectivity index (χ4n) is 1.95. The summed E-state index contributed by atoms with van der Waals surface area (Å²) in [4.78, 5) is 4.25. The number of benzene rings is 1. The van der Waals surface area contributed by atoms with Crippen LogP contribution in [0.1, 0.15) is 18.1 Å². The average molecular weight is 323 g/mol. The molecule has 19 heavy (non-hydrogen) atoms. The van der Waals surface area contributed by atoms with E-state index in [1.807, 2.05) is 19.1 Å². The molecule has 1 heterocycles. The number of rotatable bonds is 4. The van der Waals surface area contributed by atoms with Crippen LogP contribution < -0.4 is 5.32 Å². The maximum absolute atomic E-state index is 12.8. The number of aromatic nitrogens is 1. The van der Waals surface area contributed by atoms with Crippen molar-refractivity contribution >= 4 is 21.6 Å². The van der Waals surface area contributed by atoms with Gasteiger partial charge in [0.1, 0.15) is 10.4 Å². The van der Waals surface area contributed by atoms with Crippen LogP contribution in [0.5, 0.6) is 0 Å². The van der Waals surface area contributed by atoms with Crippen molar-refractivity contribution in [3.05, 3.63) is 58.1 Å². The normalized spacial score (nSPS) is 12.2. The van der Waals surface area contributed by atoms with E-state index in [2.05, 4.69) is 39.2 Å². The fraction of sp³-hybridized carbons (Fsp3) is 0.267. The molecule has 0 radical (unpaired) electrons. The van der Waals surface area contributed by atoms with Gasteiger partial charge in [-0.15, -0.1) is 0 Å². The second-order valence-electron chi connectivity index (χ2n) is 4.71. The summed E-state index contributed by atoms with van der Waals surface area (Å²) in [6.45, 7) is 4.10. The van der Waals surface area contributed by atoms with Crippen LogP contribution in [0.3, 0.4) is 0 Å². The number of aryl methyl sites for hydroxylation is 1. The second-order valence-corrected chi connectivity index (χ2v) is 5.46. The van der Waals surface area contributed by atoms with Gasteiger partial charge in [0.2, 0.25) is 0 Å².